The topological polar surface area (TPSA) is 47.9 Å². The molecule has 5 heteroatoms. The van der Waals surface area contributed by atoms with Gasteiger partial charge in [0, 0.05) is 14.6 Å². The highest BCUT2D eigenvalue weighted by molar-refractivity contribution is 9.11. The number of hydrogen-bond donors (Lipinski definition) is 3. The number of rotatable bonds is 3. The summed E-state index contributed by atoms with van der Waals surface area (Å²) in [5, 5.41) is 14.1. The van der Waals surface area contributed by atoms with Gasteiger partial charge in [0.1, 0.15) is 0 Å². The van der Waals surface area contributed by atoms with E-state index in [9.17, 15) is 0 Å². The molecule has 0 aliphatic rings. The second-order valence-electron chi connectivity index (χ2n) is 4.30. The molecule has 0 heterocycles. The zero-order valence-corrected chi connectivity index (χ0v) is 14.2. The fourth-order valence-electron chi connectivity index (χ4n) is 1.77. The Labute approximate surface area is 135 Å². The second kappa shape index (κ2) is 6.90. The summed E-state index contributed by atoms with van der Waals surface area (Å²) in [7, 11) is 0. The SMILES string of the molecule is CCc1cccc(NC(=N)Nc2cc(Br)ccc2Br)c1. The van der Waals surface area contributed by atoms with Crippen LogP contribution < -0.4 is 10.6 Å². The second-order valence-corrected chi connectivity index (χ2v) is 6.07. The minimum atomic E-state index is 0.233. The Morgan fingerprint density at radius 1 is 1.10 bits per heavy atom. The molecule has 20 heavy (non-hydrogen) atoms. The van der Waals surface area contributed by atoms with E-state index in [1.165, 1.54) is 5.56 Å². The molecule has 0 spiro atoms. The maximum absolute atomic E-state index is 8.00. The van der Waals surface area contributed by atoms with Crippen molar-refractivity contribution < 1.29 is 0 Å². The Kier molecular flexibility index (Phi) is 5.20. The Morgan fingerprint density at radius 2 is 1.90 bits per heavy atom. The summed E-state index contributed by atoms with van der Waals surface area (Å²) in [6.45, 7) is 2.11. The first-order valence-electron chi connectivity index (χ1n) is 6.25. The first-order valence-corrected chi connectivity index (χ1v) is 7.83. The van der Waals surface area contributed by atoms with Crippen LogP contribution in [0.2, 0.25) is 0 Å². The molecule has 0 aliphatic heterocycles. The number of guanidine groups is 1. The van der Waals surface area contributed by atoms with Crippen molar-refractivity contribution in [2.45, 2.75) is 13.3 Å². The molecule has 0 saturated heterocycles. The standard InChI is InChI=1S/C15H15Br2N3/c1-2-10-4-3-5-12(8-10)19-15(18)20-14-9-11(16)6-7-13(14)17/h3-9H,2H2,1H3,(H3,18,19,20). The Hall–Kier alpha value is -1.33. The number of anilines is 2. The van der Waals surface area contributed by atoms with E-state index in [2.05, 4.69) is 55.5 Å². The van der Waals surface area contributed by atoms with E-state index in [1.807, 2.05) is 36.4 Å². The average molecular weight is 397 g/mol. The molecule has 0 atom stereocenters. The van der Waals surface area contributed by atoms with Crippen LogP contribution in [0.25, 0.3) is 0 Å². The van der Waals surface area contributed by atoms with E-state index < -0.39 is 0 Å². The van der Waals surface area contributed by atoms with Crippen LogP contribution in [0, 0.1) is 5.41 Å². The van der Waals surface area contributed by atoms with Crippen molar-refractivity contribution in [1.29, 1.82) is 5.41 Å². The van der Waals surface area contributed by atoms with Crippen LogP contribution in [0.15, 0.2) is 51.4 Å². The predicted molar refractivity (Wildman–Crippen MR) is 92.6 cm³/mol. The third-order valence-corrected chi connectivity index (χ3v) is 3.98. The van der Waals surface area contributed by atoms with Gasteiger partial charge < -0.3 is 10.6 Å². The van der Waals surface area contributed by atoms with Gasteiger partial charge in [-0.2, -0.15) is 0 Å². The predicted octanol–water partition coefficient (Wildman–Crippen LogP) is 5.23. The Balaban J connectivity index is 2.07. The van der Waals surface area contributed by atoms with Crippen molar-refractivity contribution in [3.8, 4) is 0 Å². The molecule has 0 aliphatic carbocycles. The Bertz CT molecular complexity index is 626. The molecule has 2 rings (SSSR count). The summed E-state index contributed by atoms with van der Waals surface area (Å²) < 4.78 is 1.87. The van der Waals surface area contributed by atoms with E-state index in [4.69, 9.17) is 5.41 Å². The fraction of sp³-hybridized carbons (Fsp3) is 0.133. The number of hydrogen-bond acceptors (Lipinski definition) is 1. The van der Waals surface area contributed by atoms with Crippen LogP contribution >= 0.6 is 31.9 Å². The molecule has 0 fully saturated rings. The molecule has 0 unspecified atom stereocenters. The van der Waals surface area contributed by atoms with Crippen LogP contribution in [0.1, 0.15) is 12.5 Å². The first-order chi connectivity index (χ1) is 9.58. The van der Waals surface area contributed by atoms with Crippen LogP contribution in [-0.4, -0.2) is 5.96 Å². The van der Waals surface area contributed by atoms with E-state index in [0.717, 1.165) is 26.7 Å². The number of benzene rings is 2. The molecule has 104 valence electrons. The third kappa shape index (κ3) is 4.08. The minimum absolute atomic E-state index is 0.233. The van der Waals surface area contributed by atoms with E-state index in [1.54, 1.807) is 0 Å². The molecule has 0 radical (unpaired) electrons. The summed E-state index contributed by atoms with van der Waals surface area (Å²) in [6.07, 6.45) is 0.980. The third-order valence-electron chi connectivity index (χ3n) is 2.79. The summed E-state index contributed by atoms with van der Waals surface area (Å²) in [4.78, 5) is 0. The van der Waals surface area contributed by atoms with Crippen molar-refractivity contribution in [1.82, 2.24) is 0 Å². The lowest BCUT2D eigenvalue weighted by Gasteiger charge is -2.12. The summed E-state index contributed by atoms with van der Waals surface area (Å²) in [5.41, 5.74) is 2.99. The molecular formula is C15H15Br2N3. The van der Waals surface area contributed by atoms with Gasteiger partial charge in [0.2, 0.25) is 0 Å². The lowest BCUT2D eigenvalue weighted by atomic mass is 10.1. The molecule has 2 aromatic carbocycles. The van der Waals surface area contributed by atoms with Crippen molar-refractivity contribution in [3.05, 3.63) is 57.0 Å². The van der Waals surface area contributed by atoms with E-state index >= 15 is 0 Å². The van der Waals surface area contributed by atoms with Crippen LogP contribution in [-0.2, 0) is 6.42 Å². The average Bonchev–Trinajstić information content (AvgIpc) is 2.43. The number of halogens is 2. The molecule has 0 aromatic heterocycles. The lowest BCUT2D eigenvalue weighted by Crippen LogP contribution is -2.20. The highest BCUT2D eigenvalue weighted by Crippen LogP contribution is 2.26. The Morgan fingerprint density at radius 3 is 2.65 bits per heavy atom. The number of aryl methyl sites for hydroxylation is 1. The van der Waals surface area contributed by atoms with Gasteiger partial charge in [-0.15, -0.1) is 0 Å². The molecule has 0 saturated carbocycles. The van der Waals surface area contributed by atoms with Crippen LogP contribution in [0.4, 0.5) is 11.4 Å². The largest absolute Gasteiger partial charge is 0.326 e. The zero-order valence-electron chi connectivity index (χ0n) is 11.0. The summed E-state index contributed by atoms with van der Waals surface area (Å²) in [6, 6.07) is 13.9. The van der Waals surface area contributed by atoms with Gasteiger partial charge in [-0.3, -0.25) is 5.41 Å². The highest BCUT2D eigenvalue weighted by atomic mass is 79.9. The van der Waals surface area contributed by atoms with Gasteiger partial charge >= 0.3 is 0 Å². The van der Waals surface area contributed by atoms with Crippen molar-refractivity contribution >= 4 is 49.2 Å². The minimum Gasteiger partial charge on any atom is -0.326 e. The first kappa shape index (κ1) is 15.1. The van der Waals surface area contributed by atoms with E-state index in [-0.39, 0.29) is 5.96 Å². The molecule has 3 N–H and O–H groups in total. The smallest absolute Gasteiger partial charge is 0.197 e. The van der Waals surface area contributed by atoms with Crippen LogP contribution in [0.3, 0.4) is 0 Å². The normalized spacial score (nSPS) is 10.2. The highest BCUT2D eigenvalue weighted by Gasteiger charge is 2.04. The summed E-state index contributed by atoms with van der Waals surface area (Å²) >= 11 is 6.88. The van der Waals surface area contributed by atoms with Gasteiger partial charge in [-0.05, 0) is 58.2 Å². The van der Waals surface area contributed by atoms with E-state index in [0.29, 0.717) is 0 Å². The van der Waals surface area contributed by atoms with Gasteiger partial charge in [-0.1, -0.05) is 35.0 Å². The summed E-state index contributed by atoms with van der Waals surface area (Å²) in [5.74, 6) is 0.233. The van der Waals surface area contributed by atoms with Gasteiger partial charge in [0.05, 0.1) is 5.69 Å². The van der Waals surface area contributed by atoms with Crippen molar-refractivity contribution in [2.24, 2.45) is 0 Å². The molecule has 3 nitrogen and oxygen atoms in total. The van der Waals surface area contributed by atoms with Gasteiger partial charge in [-0.25, -0.2) is 0 Å². The molecule has 2 aromatic rings. The molecule has 0 bridgehead atoms. The quantitative estimate of drug-likeness (QED) is 0.491. The van der Waals surface area contributed by atoms with Crippen LogP contribution in [0.5, 0.6) is 0 Å². The fourth-order valence-corrected chi connectivity index (χ4v) is 2.48. The molecule has 0 amide bonds. The maximum Gasteiger partial charge on any atom is 0.197 e. The zero-order chi connectivity index (χ0) is 14.5. The van der Waals surface area contributed by atoms with Gasteiger partial charge in [0.15, 0.2) is 5.96 Å². The van der Waals surface area contributed by atoms with Crippen molar-refractivity contribution in [2.75, 3.05) is 10.6 Å². The maximum atomic E-state index is 8.00. The molecular weight excluding hydrogens is 382 g/mol. The van der Waals surface area contributed by atoms with Gasteiger partial charge in [0.25, 0.3) is 0 Å². The monoisotopic (exact) mass is 395 g/mol. The lowest BCUT2D eigenvalue weighted by molar-refractivity contribution is 1.14. The number of nitrogens with one attached hydrogen (secondary N) is 3. The van der Waals surface area contributed by atoms with Crippen molar-refractivity contribution in [3.63, 3.8) is 0 Å².